The van der Waals surface area contributed by atoms with Crippen molar-refractivity contribution in [3.05, 3.63) is 38.7 Å². The standard InChI is InChI=1S/C10H10BrN3O3/c1-16-6-17-10-3-2-7(4-8(10)11)9(15)5-13-14-12/h2-4H,5-6H2,1H3. The zero-order chi connectivity index (χ0) is 12.7. The molecular weight excluding hydrogens is 290 g/mol. The van der Waals surface area contributed by atoms with Crippen LogP contribution in [-0.4, -0.2) is 26.2 Å². The Labute approximate surface area is 106 Å². The summed E-state index contributed by atoms with van der Waals surface area (Å²) in [6, 6.07) is 4.86. The number of hydrogen-bond donors (Lipinski definition) is 0. The van der Waals surface area contributed by atoms with Crippen molar-refractivity contribution in [3.8, 4) is 5.75 Å². The van der Waals surface area contributed by atoms with E-state index in [2.05, 4.69) is 26.0 Å². The number of nitrogens with zero attached hydrogens (tertiary/aromatic N) is 3. The van der Waals surface area contributed by atoms with E-state index in [0.717, 1.165) is 0 Å². The van der Waals surface area contributed by atoms with E-state index < -0.39 is 0 Å². The van der Waals surface area contributed by atoms with Crippen molar-refractivity contribution >= 4 is 21.7 Å². The molecule has 0 saturated carbocycles. The van der Waals surface area contributed by atoms with Crippen molar-refractivity contribution in [3.63, 3.8) is 0 Å². The molecule has 0 aliphatic rings. The molecule has 0 fully saturated rings. The number of Topliss-reactive ketones (excluding diaryl/α,β-unsaturated/α-hetero) is 1. The van der Waals surface area contributed by atoms with Crippen LogP contribution in [0.4, 0.5) is 0 Å². The quantitative estimate of drug-likeness (QED) is 0.266. The summed E-state index contributed by atoms with van der Waals surface area (Å²) >= 11 is 3.28. The molecule has 0 saturated heterocycles. The molecule has 0 aromatic heterocycles. The minimum absolute atomic E-state index is 0.130. The monoisotopic (exact) mass is 299 g/mol. The van der Waals surface area contributed by atoms with Gasteiger partial charge in [0.2, 0.25) is 0 Å². The van der Waals surface area contributed by atoms with Gasteiger partial charge in [-0.1, -0.05) is 5.11 Å². The Morgan fingerprint density at radius 1 is 1.59 bits per heavy atom. The predicted molar refractivity (Wildman–Crippen MR) is 65.0 cm³/mol. The first-order chi connectivity index (χ1) is 8.19. The van der Waals surface area contributed by atoms with Gasteiger partial charge in [0, 0.05) is 17.6 Å². The van der Waals surface area contributed by atoms with Crippen LogP contribution in [-0.2, 0) is 4.74 Å². The second-order valence-electron chi connectivity index (χ2n) is 3.01. The first kappa shape index (κ1) is 13.5. The van der Waals surface area contributed by atoms with E-state index in [9.17, 15) is 4.79 Å². The maximum Gasteiger partial charge on any atom is 0.188 e. The van der Waals surface area contributed by atoms with Crippen LogP contribution >= 0.6 is 15.9 Å². The molecule has 90 valence electrons. The largest absolute Gasteiger partial charge is 0.466 e. The Kier molecular flexibility index (Phi) is 5.48. The van der Waals surface area contributed by atoms with Crippen molar-refractivity contribution in [1.29, 1.82) is 0 Å². The lowest BCUT2D eigenvalue weighted by molar-refractivity contribution is 0.0506. The Morgan fingerprint density at radius 3 is 2.94 bits per heavy atom. The highest BCUT2D eigenvalue weighted by Crippen LogP contribution is 2.26. The normalized spacial score (nSPS) is 9.53. The van der Waals surface area contributed by atoms with E-state index >= 15 is 0 Å². The van der Waals surface area contributed by atoms with Gasteiger partial charge < -0.3 is 9.47 Å². The zero-order valence-electron chi connectivity index (χ0n) is 9.09. The molecule has 0 atom stereocenters. The molecule has 0 unspecified atom stereocenters. The highest BCUT2D eigenvalue weighted by atomic mass is 79.9. The summed E-state index contributed by atoms with van der Waals surface area (Å²) in [6.07, 6.45) is 0. The van der Waals surface area contributed by atoms with Crippen LogP contribution in [0.1, 0.15) is 10.4 Å². The number of hydrogen-bond acceptors (Lipinski definition) is 4. The third-order valence-electron chi connectivity index (χ3n) is 1.86. The van der Waals surface area contributed by atoms with Crippen molar-refractivity contribution in [1.82, 2.24) is 0 Å². The lowest BCUT2D eigenvalue weighted by Crippen LogP contribution is -2.04. The number of ketones is 1. The Hall–Kier alpha value is -1.56. The highest BCUT2D eigenvalue weighted by molar-refractivity contribution is 9.10. The number of benzene rings is 1. The van der Waals surface area contributed by atoms with Gasteiger partial charge in [0.15, 0.2) is 12.6 Å². The smallest absolute Gasteiger partial charge is 0.188 e. The van der Waals surface area contributed by atoms with E-state index in [1.165, 1.54) is 7.11 Å². The first-order valence-electron chi connectivity index (χ1n) is 4.64. The average Bonchev–Trinajstić information content (AvgIpc) is 2.34. The molecule has 6 nitrogen and oxygen atoms in total. The van der Waals surface area contributed by atoms with Gasteiger partial charge in [-0.05, 0) is 39.7 Å². The Bertz CT molecular complexity index is 458. The van der Waals surface area contributed by atoms with E-state index in [1.807, 2.05) is 0 Å². The predicted octanol–water partition coefficient (Wildman–Crippen LogP) is 2.92. The number of methoxy groups -OCH3 is 1. The molecule has 0 aliphatic carbocycles. The van der Waals surface area contributed by atoms with E-state index in [4.69, 9.17) is 15.0 Å². The molecule has 1 aromatic rings. The van der Waals surface area contributed by atoms with Crippen LogP contribution in [0.25, 0.3) is 10.4 Å². The molecule has 7 heteroatoms. The van der Waals surface area contributed by atoms with Gasteiger partial charge in [-0.3, -0.25) is 4.79 Å². The minimum atomic E-state index is -0.248. The molecule has 0 N–H and O–H groups in total. The maximum absolute atomic E-state index is 11.5. The molecule has 0 spiro atoms. The van der Waals surface area contributed by atoms with E-state index in [-0.39, 0.29) is 19.1 Å². The van der Waals surface area contributed by atoms with Crippen LogP contribution in [0.5, 0.6) is 5.75 Å². The molecule has 1 rings (SSSR count). The van der Waals surface area contributed by atoms with Gasteiger partial charge >= 0.3 is 0 Å². The number of ether oxygens (including phenoxy) is 2. The second-order valence-corrected chi connectivity index (χ2v) is 3.86. The summed E-state index contributed by atoms with van der Waals surface area (Å²) in [7, 11) is 1.52. The first-order valence-corrected chi connectivity index (χ1v) is 5.43. The molecule has 0 aliphatic heterocycles. The topological polar surface area (TPSA) is 84.3 Å². The molecule has 0 radical (unpaired) electrons. The third-order valence-corrected chi connectivity index (χ3v) is 2.48. The third kappa shape index (κ3) is 4.07. The number of azide groups is 1. The summed E-state index contributed by atoms with van der Waals surface area (Å²) in [5, 5.41) is 3.21. The summed E-state index contributed by atoms with van der Waals surface area (Å²) in [5.74, 6) is 0.328. The van der Waals surface area contributed by atoms with Crippen LogP contribution in [0.3, 0.4) is 0 Å². The fraction of sp³-hybridized carbons (Fsp3) is 0.300. The Morgan fingerprint density at radius 2 is 2.35 bits per heavy atom. The number of carbonyl (C=O) groups is 1. The minimum Gasteiger partial charge on any atom is -0.466 e. The molecule has 1 aromatic carbocycles. The van der Waals surface area contributed by atoms with E-state index in [1.54, 1.807) is 18.2 Å². The number of rotatable bonds is 6. The molecule has 0 bridgehead atoms. The van der Waals surface area contributed by atoms with Gasteiger partial charge in [0.05, 0.1) is 11.0 Å². The zero-order valence-corrected chi connectivity index (χ0v) is 10.7. The lowest BCUT2D eigenvalue weighted by atomic mass is 10.1. The van der Waals surface area contributed by atoms with Gasteiger partial charge in [0.25, 0.3) is 0 Å². The van der Waals surface area contributed by atoms with Gasteiger partial charge in [-0.25, -0.2) is 0 Å². The van der Waals surface area contributed by atoms with Crippen LogP contribution < -0.4 is 4.74 Å². The number of carbonyl (C=O) groups excluding carboxylic acids is 1. The maximum atomic E-state index is 11.5. The summed E-state index contributed by atoms with van der Waals surface area (Å²) in [6.45, 7) is -0.0637. The fourth-order valence-corrected chi connectivity index (χ4v) is 1.59. The summed E-state index contributed by atoms with van der Waals surface area (Å²) in [4.78, 5) is 14.1. The molecule has 0 heterocycles. The fourth-order valence-electron chi connectivity index (χ4n) is 1.10. The molecular formula is C10H10BrN3O3. The van der Waals surface area contributed by atoms with Crippen molar-refractivity contribution < 1.29 is 14.3 Å². The highest BCUT2D eigenvalue weighted by Gasteiger charge is 2.08. The average molecular weight is 300 g/mol. The van der Waals surface area contributed by atoms with Gasteiger partial charge in [-0.15, -0.1) is 0 Å². The lowest BCUT2D eigenvalue weighted by Gasteiger charge is -2.07. The van der Waals surface area contributed by atoms with Crippen LogP contribution in [0.15, 0.2) is 27.8 Å². The second kappa shape index (κ2) is 6.90. The van der Waals surface area contributed by atoms with Crippen molar-refractivity contribution in [2.75, 3.05) is 20.4 Å². The summed E-state index contributed by atoms with van der Waals surface area (Å²) < 4.78 is 10.6. The van der Waals surface area contributed by atoms with Crippen molar-refractivity contribution in [2.24, 2.45) is 5.11 Å². The molecule has 0 amide bonds. The van der Waals surface area contributed by atoms with Crippen LogP contribution in [0.2, 0.25) is 0 Å². The van der Waals surface area contributed by atoms with Crippen LogP contribution in [0, 0.1) is 0 Å². The Balaban J connectivity index is 2.80. The molecule has 17 heavy (non-hydrogen) atoms. The van der Waals surface area contributed by atoms with Crippen molar-refractivity contribution in [2.45, 2.75) is 0 Å². The number of halogens is 1. The van der Waals surface area contributed by atoms with Gasteiger partial charge in [-0.2, -0.15) is 0 Å². The van der Waals surface area contributed by atoms with Gasteiger partial charge in [0.1, 0.15) is 5.75 Å². The van der Waals surface area contributed by atoms with E-state index in [0.29, 0.717) is 15.8 Å². The summed E-state index contributed by atoms with van der Waals surface area (Å²) in [5.41, 5.74) is 8.57. The SMILES string of the molecule is COCOc1ccc(C(=O)CN=[N+]=[N-])cc1Br.